The average Bonchev–Trinajstić information content (AvgIpc) is 3.85. The summed E-state index contributed by atoms with van der Waals surface area (Å²) in [6, 6.07) is 44.9. The van der Waals surface area contributed by atoms with Crippen LogP contribution in [0.25, 0.3) is 72.4 Å². The first-order valence-electron chi connectivity index (χ1n) is 22.5. The van der Waals surface area contributed by atoms with Crippen molar-refractivity contribution < 1.29 is 24.5 Å². The minimum Gasteiger partial charge on any atom is -0.501 e. The van der Waals surface area contributed by atoms with Gasteiger partial charge in [0.2, 0.25) is 0 Å². The molecule has 0 aliphatic heterocycles. The summed E-state index contributed by atoms with van der Waals surface area (Å²) in [5, 5.41) is 2.16. The third kappa shape index (κ3) is 9.20. The van der Waals surface area contributed by atoms with Crippen molar-refractivity contribution in [2.75, 3.05) is 0 Å². The average molecular weight is 1080 g/mol. The van der Waals surface area contributed by atoms with Gasteiger partial charge in [-0.15, -0.1) is 18.2 Å². The number of nitrogens with zero attached hydrogens (tertiary/aromatic N) is 4. The number of pyridine rings is 2. The number of furan rings is 1. The fraction of sp³-hybridized carbons (Fsp3) is 0.281. The Labute approximate surface area is 396 Å². The van der Waals surface area contributed by atoms with Crippen molar-refractivity contribution in [3.8, 4) is 39.5 Å². The van der Waals surface area contributed by atoms with Crippen LogP contribution in [0.4, 0.5) is 0 Å². The van der Waals surface area contributed by atoms with Gasteiger partial charge in [0.05, 0.1) is 28.1 Å². The normalized spacial score (nSPS) is 11.8. The molecule has 9 rings (SSSR count). The molecule has 0 amide bonds. The minimum absolute atomic E-state index is 0. The number of hydrogen-bond acceptors (Lipinski definition) is 4. The second-order valence-corrected chi connectivity index (χ2v) is 29.7. The molecular formula is C57H60GeIrN4O-2. The van der Waals surface area contributed by atoms with Crippen LogP contribution in [0.5, 0.6) is 0 Å². The maximum absolute atomic E-state index is 6.54. The molecule has 4 heterocycles. The molecule has 7 heteroatoms. The quantitative estimate of drug-likeness (QED) is 0.107. The maximum Gasteiger partial charge on any atom is 0.120 e. The topological polar surface area (TPSA) is 56.7 Å². The molecule has 0 spiro atoms. The summed E-state index contributed by atoms with van der Waals surface area (Å²) in [4.78, 5) is 15.1. The van der Waals surface area contributed by atoms with Gasteiger partial charge in [-0.3, -0.25) is 9.97 Å². The Balaban J connectivity index is 0.000000246. The maximum atomic E-state index is 6.54. The van der Waals surface area contributed by atoms with Crippen molar-refractivity contribution in [2.24, 2.45) is 5.92 Å². The molecule has 5 nitrogen and oxygen atoms in total. The summed E-state index contributed by atoms with van der Waals surface area (Å²) >= 11 is -1.86. The van der Waals surface area contributed by atoms with E-state index in [-0.39, 0.29) is 31.9 Å². The molecule has 4 aromatic heterocycles. The molecule has 9 aromatic rings. The van der Waals surface area contributed by atoms with Gasteiger partial charge in [0.25, 0.3) is 0 Å². The number of rotatable bonds is 9. The molecule has 0 aliphatic rings. The fourth-order valence-electron chi connectivity index (χ4n) is 8.91. The first-order valence-corrected chi connectivity index (χ1v) is 29.8. The SMILES string of the molecule is CC(C)Cc1cc(-c2[c-]cccc2)nc[c]1[Ge]([CH3])([CH3])[CH3].Cc1nc(C)c2c(nc(-c3[c-]ccc4c3oc3ccccc34)n2-c2c(C(C)C)cc(-c3ccccc3)cc2C(C)C)c1C.[Ir]. The smallest absolute Gasteiger partial charge is 0.120 e. The summed E-state index contributed by atoms with van der Waals surface area (Å²) in [6.07, 6.45) is 3.27. The van der Waals surface area contributed by atoms with E-state index >= 15 is 0 Å². The van der Waals surface area contributed by atoms with E-state index in [1.807, 2.05) is 36.4 Å². The zero-order valence-electron chi connectivity index (χ0n) is 39.4. The molecule has 0 unspecified atom stereocenters. The minimum atomic E-state index is -1.86. The van der Waals surface area contributed by atoms with Gasteiger partial charge < -0.3 is 8.98 Å². The Morgan fingerprint density at radius 2 is 1.36 bits per heavy atom. The number of aryl methyl sites for hydroxylation is 3. The van der Waals surface area contributed by atoms with Crippen LogP contribution in [0.1, 0.15) is 87.0 Å². The molecule has 0 bridgehead atoms. The summed E-state index contributed by atoms with van der Waals surface area (Å²) in [5.41, 5.74) is 17.4. The second-order valence-electron chi connectivity index (χ2n) is 19.1. The standard InChI is InChI=1S/C39H36N3O.C18H24GeN.Ir/c1-22(2)32-20-28(27-14-9-8-10-15-27)21-33(23(3)4)37(32)42-36-26(7)40-25(6)24(5)35(36)41-39(42)31-18-13-17-30-29-16-11-12-19-34(29)43-38(30)31;1-14(2)11-16-12-18(15-9-7-6-8-10-15)20-13-17(16)19(3,4)5;/h8-17,19-23H,1-7H3;6-9,12-14H,11H2,1-5H3;/q2*-1;. The van der Waals surface area contributed by atoms with Gasteiger partial charge >= 0.3 is 126 Å². The van der Waals surface area contributed by atoms with Crippen molar-refractivity contribution in [3.05, 3.63) is 161 Å². The Bertz CT molecular complexity index is 3050. The van der Waals surface area contributed by atoms with E-state index in [0.717, 1.165) is 79.0 Å². The molecule has 1 radical (unpaired) electrons. The van der Waals surface area contributed by atoms with E-state index in [0.29, 0.717) is 5.92 Å². The Morgan fingerprint density at radius 1 is 0.688 bits per heavy atom. The fourth-order valence-corrected chi connectivity index (χ4v) is 12.2. The van der Waals surface area contributed by atoms with Gasteiger partial charge in [0.1, 0.15) is 5.58 Å². The van der Waals surface area contributed by atoms with Crippen molar-refractivity contribution in [2.45, 2.75) is 97.8 Å². The molecule has 64 heavy (non-hydrogen) atoms. The number of imidazole rings is 1. The molecule has 5 aromatic carbocycles. The van der Waals surface area contributed by atoms with Crippen LogP contribution in [0, 0.1) is 38.8 Å². The Morgan fingerprint density at radius 3 is 2.00 bits per heavy atom. The van der Waals surface area contributed by atoms with E-state index in [1.54, 1.807) is 4.40 Å². The zero-order chi connectivity index (χ0) is 44.7. The van der Waals surface area contributed by atoms with Gasteiger partial charge in [-0.1, -0.05) is 87.2 Å². The molecule has 0 N–H and O–H groups in total. The molecule has 0 atom stereocenters. The van der Waals surface area contributed by atoms with Crippen molar-refractivity contribution in [1.82, 2.24) is 19.5 Å². The zero-order valence-corrected chi connectivity index (χ0v) is 43.9. The van der Waals surface area contributed by atoms with Crippen molar-refractivity contribution in [3.63, 3.8) is 0 Å². The van der Waals surface area contributed by atoms with Crippen LogP contribution in [-0.4, -0.2) is 32.8 Å². The van der Waals surface area contributed by atoms with Crippen molar-refractivity contribution in [1.29, 1.82) is 0 Å². The van der Waals surface area contributed by atoms with E-state index in [1.165, 1.54) is 33.5 Å². The van der Waals surface area contributed by atoms with E-state index in [2.05, 4.69) is 175 Å². The van der Waals surface area contributed by atoms with E-state index in [9.17, 15) is 0 Å². The molecular weight excluding hydrogens is 1020 g/mol. The van der Waals surface area contributed by atoms with Gasteiger partial charge in [0.15, 0.2) is 0 Å². The third-order valence-corrected chi connectivity index (χ3v) is 16.5. The molecule has 329 valence electrons. The van der Waals surface area contributed by atoms with Crippen LogP contribution in [0.3, 0.4) is 0 Å². The van der Waals surface area contributed by atoms with Gasteiger partial charge in [0, 0.05) is 36.9 Å². The second kappa shape index (κ2) is 19.1. The number of aromatic nitrogens is 4. The predicted octanol–water partition coefficient (Wildman–Crippen LogP) is 14.9. The first-order chi connectivity index (χ1) is 30.1. The predicted molar refractivity (Wildman–Crippen MR) is 268 cm³/mol. The van der Waals surface area contributed by atoms with E-state index in [4.69, 9.17) is 19.4 Å². The van der Waals surface area contributed by atoms with Gasteiger partial charge in [-0.05, 0) is 78.6 Å². The first kappa shape index (κ1) is 46.8. The van der Waals surface area contributed by atoms with Crippen LogP contribution in [0.15, 0.2) is 120 Å². The largest absolute Gasteiger partial charge is 0.501 e. The summed E-state index contributed by atoms with van der Waals surface area (Å²) in [5.74, 6) is 9.36. The van der Waals surface area contributed by atoms with Crippen LogP contribution in [-0.2, 0) is 26.5 Å². The van der Waals surface area contributed by atoms with Crippen molar-refractivity contribution >= 4 is 50.6 Å². The number of hydrogen-bond donors (Lipinski definition) is 0. The van der Waals surface area contributed by atoms with Crippen LogP contribution >= 0.6 is 0 Å². The molecule has 0 aliphatic carbocycles. The van der Waals surface area contributed by atoms with Gasteiger partial charge in [-0.25, -0.2) is 0 Å². The number of para-hydroxylation sites is 1. The molecule has 0 saturated carbocycles. The summed E-state index contributed by atoms with van der Waals surface area (Å²) < 4.78 is 10.4. The number of benzene rings is 5. The van der Waals surface area contributed by atoms with E-state index < -0.39 is 13.3 Å². The summed E-state index contributed by atoms with van der Waals surface area (Å²) in [7, 11) is 0. The molecule has 0 saturated heterocycles. The monoisotopic (exact) mass is 1080 g/mol. The Kier molecular flexibility index (Phi) is 14.0. The van der Waals surface area contributed by atoms with Gasteiger partial charge in [-0.2, -0.15) is 0 Å². The third-order valence-electron chi connectivity index (χ3n) is 12.2. The Hall–Kier alpha value is -5.14. The summed E-state index contributed by atoms with van der Waals surface area (Å²) in [6.45, 7) is 20.0. The molecule has 0 fully saturated rings. The van der Waals surface area contributed by atoms with Crippen LogP contribution < -0.4 is 4.40 Å². The van der Waals surface area contributed by atoms with Crippen LogP contribution in [0.2, 0.25) is 17.3 Å². The number of fused-ring (bicyclic) bond motifs is 4.